The van der Waals surface area contributed by atoms with Gasteiger partial charge in [0, 0.05) is 6.20 Å². The SMILES string of the molecule is CC(C)(C)C(=O)OCOP(=O)(OCOC(=O)C(C)(C)C)ONc1ccn([C@@H]2O[C@H](CO)[C@H](O)C2O)c(=O)n1. The number of esters is 2. The predicted molar refractivity (Wildman–Crippen MR) is 127 cm³/mol. The molecule has 0 saturated carbocycles. The van der Waals surface area contributed by atoms with Gasteiger partial charge < -0.3 is 29.5 Å². The number of aliphatic hydroxyl groups is 3. The lowest BCUT2D eigenvalue weighted by Crippen LogP contribution is -2.36. The minimum Gasteiger partial charge on any atom is -0.437 e. The Morgan fingerprint density at radius 3 is 2.00 bits per heavy atom. The zero-order chi connectivity index (χ0) is 28.9. The van der Waals surface area contributed by atoms with E-state index < -0.39 is 81.0 Å². The minimum atomic E-state index is -4.62. The average molecular weight is 567 g/mol. The topological polar surface area (TPSA) is 214 Å². The molecule has 4 atom stereocenters. The van der Waals surface area contributed by atoms with Crippen LogP contribution in [0.15, 0.2) is 17.1 Å². The van der Waals surface area contributed by atoms with Crippen molar-refractivity contribution in [2.24, 2.45) is 10.8 Å². The Hall–Kier alpha value is -2.43. The maximum Gasteiger partial charge on any atom is 0.502 e. The van der Waals surface area contributed by atoms with Crippen LogP contribution >= 0.6 is 7.82 Å². The number of anilines is 1. The second kappa shape index (κ2) is 12.6. The fraction of sp³-hybridized carbons (Fsp3) is 0.714. The molecule has 1 aromatic heterocycles. The van der Waals surface area contributed by atoms with Crippen LogP contribution in [0, 0.1) is 10.8 Å². The Morgan fingerprint density at radius 2 is 1.58 bits per heavy atom. The first-order chi connectivity index (χ1) is 17.5. The number of aliphatic hydroxyl groups excluding tert-OH is 3. The van der Waals surface area contributed by atoms with E-state index in [9.17, 15) is 34.3 Å². The summed E-state index contributed by atoms with van der Waals surface area (Å²) in [6.45, 7) is 7.24. The van der Waals surface area contributed by atoms with E-state index in [0.717, 1.165) is 10.8 Å². The van der Waals surface area contributed by atoms with Crippen molar-refractivity contribution in [1.29, 1.82) is 0 Å². The number of phosphoric acid groups is 1. The summed E-state index contributed by atoms with van der Waals surface area (Å²) in [6.07, 6.45) is -4.26. The van der Waals surface area contributed by atoms with Crippen LogP contribution in [0.2, 0.25) is 0 Å². The number of hydrogen-bond acceptors (Lipinski definition) is 15. The molecule has 0 radical (unpaired) electrons. The first-order valence-corrected chi connectivity index (χ1v) is 12.8. The summed E-state index contributed by atoms with van der Waals surface area (Å²) in [5, 5.41) is 29.2. The highest BCUT2D eigenvalue weighted by molar-refractivity contribution is 7.48. The fourth-order valence-electron chi connectivity index (χ4n) is 2.69. The number of carbonyl (C=O) groups excluding carboxylic acids is 2. The van der Waals surface area contributed by atoms with Gasteiger partial charge in [-0.05, 0) is 47.6 Å². The van der Waals surface area contributed by atoms with Crippen LogP contribution < -0.4 is 11.2 Å². The third-order valence-corrected chi connectivity index (χ3v) is 6.07. The Labute approximate surface area is 218 Å². The molecule has 0 spiro atoms. The maximum absolute atomic E-state index is 13.0. The quantitative estimate of drug-likeness (QED) is 0.123. The molecule has 1 aliphatic heterocycles. The molecule has 0 amide bonds. The number of hydrogen-bond donors (Lipinski definition) is 4. The molecule has 0 aliphatic carbocycles. The Balaban J connectivity index is 2.09. The lowest BCUT2D eigenvalue weighted by molar-refractivity contribution is -0.163. The number of carbonyl (C=O) groups is 2. The summed E-state index contributed by atoms with van der Waals surface area (Å²) in [5.41, 5.74) is -0.623. The summed E-state index contributed by atoms with van der Waals surface area (Å²) in [6, 6.07) is 1.17. The van der Waals surface area contributed by atoms with E-state index in [-0.39, 0.29) is 5.82 Å². The molecule has 4 N–H and O–H groups in total. The van der Waals surface area contributed by atoms with E-state index in [1.165, 1.54) is 6.07 Å². The summed E-state index contributed by atoms with van der Waals surface area (Å²) < 4.78 is 43.9. The van der Waals surface area contributed by atoms with Crippen LogP contribution in [0.3, 0.4) is 0 Å². The summed E-state index contributed by atoms with van der Waals surface area (Å²) in [7, 11) is -4.62. The molecule has 2 heterocycles. The zero-order valence-corrected chi connectivity index (χ0v) is 22.7. The van der Waals surface area contributed by atoms with Crippen LogP contribution in [0.5, 0.6) is 0 Å². The minimum absolute atomic E-state index is 0.288. The normalized spacial score (nSPS) is 22.2. The van der Waals surface area contributed by atoms with Crippen molar-refractivity contribution in [2.75, 3.05) is 25.7 Å². The molecular formula is C21H34N3O13P. The van der Waals surface area contributed by atoms with Crippen LogP contribution in [0.25, 0.3) is 0 Å². The van der Waals surface area contributed by atoms with E-state index >= 15 is 0 Å². The van der Waals surface area contributed by atoms with Crippen molar-refractivity contribution in [1.82, 2.24) is 9.55 Å². The number of ether oxygens (including phenoxy) is 3. The third kappa shape index (κ3) is 8.54. The lowest BCUT2D eigenvalue weighted by atomic mass is 9.98. The number of nitrogens with zero attached hydrogens (tertiary/aromatic N) is 2. The van der Waals surface area contributed by atoms with E-state index in [4.69, 9.17) is 27.9 Å². The van der Waals surface area contributed by atoms with Crippen molar-refractivity contribution in [2.45, 2.75) is 66.1 Å². The van der Waals surface area contributed by atoms with Gasteiger partial charge in [-0.1, -0.05) is 0 Å². The predicted octanol–water partition coefficient (Wildman–Crippen LogP) is 0.433. The molecule has 1 aliphatic rings. The monoisotopic (exact) mass is 567 g/mol. The molecule has 216 valence electrons. The number of aromatic nitrogens is 2. The Bertz CT molecular complexity index is 1050. The van der Waals surface area contributed by atoms with Gasteiger partial charge in [-0.25, -0.2) is 23.9 Å². The standard InChI is InChI=1S/C21H34N3O13P/c1-20(2,3)17(28)32-10-34-38(31,35-11-33-18(29)21(4,5)6)37-23-13-7-8-24(19(30)22-13)16-15(27)14(26)12(9-25)36-16/h7-8,12,14-16,25-27H,9-11H2,1-6H3,(H,22,23,30)/t12-,14+,15?,16-/m1/s1. The average Bonchev–Trinajstić information content (AvgIpc) is 3.10. The Morgan fingerprint density at radius 1 is 1.05 bits per heavy atom. The van der Waals surface area contributed by atoms with Crippen molar-refractivity contribution in [3.05, 3.63) is 22.7 Å². The summed E-state index contributed by atoms with van der Waals surface area (Å²) >= 11 is 0. The fourth-order valence-corrected chi connectivity index (χ4v) is 3.44. The molecule has 16 nitrogen and oxygen atoms in total. The van der Waals surface area contributed by atoms with E-state index in [2.05, 4.69) is 10.5 Å². The highest BCUT2D eigenvalue weighted by atomic mass is 31.2. The van der Waals surface area contributed by atoms with Gasteiger partial charge in [-0.2, -0.15) is 9.61 Å². The first kappa shape index (κ1) is 31.8. The molecule has 17 heteroatoms. The maximum atomic E-state index is 13.0. The van der Waals surface area contributed by atoms with Gasteiger partial charge in [0.05, 0.1) is 17.4 Å². The van der Waals surface area contributed by atoms with Gasteiger partial charge in [-0.3, -0.25) is 14.2 Å². The van der Waals surface area contributed by atoms with Crippen LogP contribution in [-0.4, -0.2) is 75.3 Å². The summed E-state index contributed by atoms with van der Waals surface area (Å²) in [4.78, 5) is 40.0. The Kier molecular flexibility index (Phi) is 10.6. The van der Waals surface area contributed by atoms with Crippen LogP contribution in [0.4, 0.5) is 5.82 Å². The molecule has 1 saturated heterocycles. The molecule has 38 heavy (non-hydrogen) atoms. The largest absolute Gasteiger partial charge is 0.502 e. The molecule has 0 aromatic carbocycles. The van der Waals surface area contributed by atoms with E-state index in [1.54, 1.807) is 41.5 Å². The number of phosphoric ester groups is 1. The lowest BCUT2D eigenvalue weighted by Gasteiger charge is -2.21. The van der Waals surface area contributed by atoms with Crippen LogP contribution in [-0.2, 0) is 42.0 Å². The second-order valence-corrected chi connectivity index (χ2v) is 11.8. The van der Waals surface area contributed by atoms with Gasteiger partial charge in [0.15, 0.2) is 12.0 Å². The summed E-state index contributed by atoms with van der Waals surface area (Å²) in [5.74, 6) is -1.64. The van der Waals surface area contributed by atoms with Crippen LogP contribution in [0.1, 0.15) is 47.8 Å². The first-order valence-electron chi connectivity index (χ1n) is 11.4. The van der Waals surface area contributed by atoms with Gasteiger partial charge in [-0.15, -0.1) is 0 Å². The third-order valence-electron chi connectivity index (χ3n) is 4.91. The molecule has 2 rings (SSSR count). The van der Waals surface area contributed by atoms with Crippen molar-refractivity contribution in [3.8, 4) is 0 Å². The van der Waals surface area contributed by atoms with Crippen molar-refractivity contribution < 1.29 is 57.4 Å². The number of nitrogens with one attached hydrogen (secondary N) is 1. The smallest absolute Gasteiger partial charge is 0.437 e. The zero-order valence-electron chi connectivity index (χ0n) is 21.9. The molecule has 1 fully saturated rings. The van der Waals surface area contributed by atoms with Gasteiger partial charge in [0.2, 0.25) is 13.6 Å². The highest BCUT2D eigenvalue weighted by Crippen LogP contribution is 2.49. The number of rotatable bonds is 11. The van der Waals surface area contributed by atoms with Gasteiger partial charge in [0.1, 0.15) is 18.3 Å². The molecular weight excluding hydrogens is 533 g/mol. The molecule has 0 bridgehead atoms. The van der Waals surface area contributed by atoms with Gasteiger partial charge in [0.25, 0.3) is 0 Å². The van der Waals surface area contributed by atoms with E-state index in [0.29, 0.717) is 0 Å². The van der Waals surface area contributed by atoms with E-state index in [1.807, 2.05) is 0 Å². The highest BCUT2D eigenvalue weighted by Gasteiger charge is 2.43. The van der Waals surface area contributed by atoms with Crippen molar-refractivity contribution in [3.63, 3.8) is 0 Å². The van der Waals surface area contributed by atoms with Crippen molar-refractivity contribution >= 4 is 25.6 Å². The van der Waals surface area contributed by atoms with Gasteiger partial charge >= 0.3 is 25.5 Å². The molecule has 1 aromatic rings. The molecule has 1 unspecified atom stereocenters. The second-order valence-electron chi connectivity index (χ2n) is 10.2.